The minimum absolute atomic E-state index is 0.0155. The molecule has 2 aromatic rings. The third-order valence-electron chi connectivity index (χ3n) is 3.01. The largest absolute Gasteiger partial charge is 0.476 e. The van der Waals surface area contributed by atoms with E-state index in [4.69, 9.17) is 44.3 Å². The van der Waals surface area contributed by atoms with Crippen LogP contribution < -0.4 is 5.43 Å². The molecule has 0 bridgehead atoms. The molecule has 2 N–H and O–H groups in total. The molecule has 0 aliphatic rings. The average Bonchev–Trinajstić information content (AvgIpc) is 2.81. The number of furan rings is 1. The lowest BCUT2D eigenvalue weighted by Gasteiger charge is -2.10. The highest BCUT2D eigenvalue weighted by atomic mass is 35.5. The van der Waals surface area contributed by atoms with Gasteiger partial charge in [0.2, 0.25) is 0 Å². The maximum atomic E-state index is 11.1. The molecule has 0 aliphatic carbocycles. The lowest BCUT2D eigenvalue weighted by Crippen LogP contribution is -2.06. The van der Waals surface area contributed by atoms with E-state index < -0.39 is 11.7 Å². The maximum Gasteiger partial charge on any atom is 0.356 e. The van der Waals surface area contributed by atoms with E-state index in [-0.39, 0.29) is 20.9 Å². The van der Waals surface area contributed by atoms with Crippen LogP contribution in [0.3, 0.4) is 0 Å². The number of carboxylic acids is 1. The van der Waals surface area contributed by atoms with Crippen molar-refractivity contribution in [3.05, 3.63) is 44.0 Å². The molecule has 0 unspecified atom stereocenters. The van der Waals surface area contributed by atoms with Gasteiger partial charge < -0.3 is 9.52 Å². The molecule has 122 valence electrons. The van der Waals surface area contributed by atoms with Gasteiger partial charge >= 0.3 is 5.97 Å². The highest BCUT2D eigenvalue weighted by Crippen LogP contribution is 2.37. The van der Waals surface area contributed by atoms with Crippen LogP contribution in [0.1, 0.15) is 34.5 Å². The van der Waals surface area contributed by atoms with Gasteiger partial charge in [0, 0.05) is 5.56 Å². The van der Waals surface area contributed by atoms with Crippen molar-refractivity contribution in [2.24, 2.45) is 5.10 Å². The summed E-state index contributed by atoms with van der Waals surface area (Å²) in [4.78, 5) is 14.8. The SMILES string of the molecule is C/C(=N/Nc1c(Cl)c(Cl)nc(C(=O)O)c1Cl)c1cc(C)oc1C. The van der Waals surface area contributed by atoms with Crippen molar-refractivity contribution in [3.8, 4) is 0 Å². The molecule has 9 heteroatoms. The molecule has 0 fully saturated rings. The third-order valence-corrected chi connectivity index (χ3v) is 4.11. The number of halogens is 3. The number of aromatic nitrogens is 1. The van der Waals surface area contributed by atoms with Crippen LogP contribution in [-0.4, -0.2) is 21.8 Å². The van der Waals surface area contributed by atoms with E-state index in [2.05, 4.69) is 15.5 Å². The van der Waals surface area contributed by atoms with Gasteiger partial charge in [-0.05, 0) is 26.8 Å². The van der Waals surface area contributed by atoms with Crippen LogP contribution in [0.25, 0.3) is 0 Å². The van der Waals surface area contributed by atoms with Gasteiger partial charge in [0.1, 0.15) is 21.6 Å². The zero-order chi connectivity index (χ0) is 17.3. The molecule has 0 saturated carbocycles. The summed E-state index contributed by atoms with van der Waals surface area (Å²) in [6.45, 7) is 5.40. The van der Waals surface area contributed by atoms with Gasteiger partial charge in [-0.2, -0.15) is 5.10 Å². The minimum Gasteiger partial charge on any atom is -0.476 e. The first kappa shape index (κ1) is 17.6. The monoisotopic (exact) mass is 375 g/mol. The van der Waals surface area contributed by atoms with E-state index in [0.29, 0.717) is 11.5 Å². The van der Waals surface area contributed by atoms with Crippen LogP contribution in [-0.2, 0) is 0 Å². The maximum absolute atomic E-state index is 11.1. The van der Waals surface area contributed by atoms with Crippen molar-refractivity contribution in [3.63, 3.8) is 0 Å². The van der Waals surface area contributed by atoms with Gasteiger partial charge in [0.05, 0.1) is 11.4 Å². The molecule has 23 heavy (non-hydrogen) atoms. The van der Waals surface area contributed by atoms with Gasteiger partial charge in [0.15, 0.2) is 10.8 Å². The Balaban J connectivity index is 2.42. The van der Waals surface area contributed by atoms with Crippen molar-refractivity contribution in [1.82, 2.24) is 4.98 Å². The fraction of sp³-hybridized carbons (Fsp3) is 0.214. The second kappa shape index (κ2) is 6.78. The van der Waals surface area contributed by atoms with Crippen molar-refractivity contribution >= 4 is 52.2 Å². The van der Waals surface area contributed by atoms with Crippen LogP contribution in [0.5, 0.6) is 0 Å². The minimum atomic E-state index is -1.32. The Bertz CT molecular complexity index is 815. The molecule has 0 aliphatic heterocycles. The Morgan fingerprint density at radius 3 is 2.48 bits per heavy atom. The Morgan fingerprint density at radius 1 is 1.30 bits per heavy atom. The van der Waals surface area contributed by atoms with E-state index >= 15 is 0 Å². The van der Waals surface area contributed by atoms with Gasteiger partial charge in [-0.1, -0.05) is 34.8 Å². The summed E-state index contributed by atoms with van der Waals surface area (Å²) in [7, 11) is 0. The predicted octanol–water partition coefficient (Wildman–Crippen LogP) is 4.79. The van der Waals surface area contributed by atoms with Gasteiger partial charge in [-0.3, -0.25) is 5.43 Å². The van der Waals surface area contributed by atoms with Gasteiger partial charge in [-0.25, -0.2) is 9.78 Å². The lowest BCUT2D eigenvalue weighted by atomic mass is 10.2. The summed E-state index contributed by atoms with van der Waals surface area (Å²) < 4.78 is 5.44. The third kappa shape index (κ3) is 3.60. The first-order valence-electron chi connectivity index (χ1n) is 6.37. The summed E-state index contributed by atoms with van der Waals surface area (Å²) in [5, 5.41) is 12.9. The highest BCUT2D eigenvalue weighted by Gasteiger charge is 2.21. The van der Waals surface area contributed by atoms with Gasteiger partial charge in [0.25, 0.3) is 0 Å². The molecule has 0 spiro atoms. The number of hydrazone groups is 1. The van der Waals surface area contributed by atoms with E-state index in [0.717, 1.165) is 11.3 Å². The number of nitrogens with one attached hydrogen (secondary N) is 1. The van der Waals surface area contributed by atoms with Crippen molar-refractivity contribution in [2.75, 3.05) is 5.43 Å². The normalized spacial score (nSPS) is 11.7. The molecule has 2 rings (SSSR count). The standard InChI is InChI=1S/C14H12Cl3N3O3/c1-5-4-8(7(3)23-5)6(2)19-20-11-9(15)12(14(21)22)18-13(17)10(11)16/h4H,1-3H3,(H,18,20)(H,21,22)/b19-6-. The first-order chi connectivity index (χ1) is 10.7. The summed E-state index contributed by atoms with van der Waals surface area (Å²) in [6, 6.07) is 1.83. The number of carboxylic acid groups (broad SMARTS) is 1. The van der Waals surface area contributed by atoms with E-state index in [9.17, 15) is 4.79 Å². The molecular formula is C14H12Cl3N3O3. The van der Waals surface area contributed by atoms with Crippen LogP contribution in [0.2, 0.25) is 15.2 Å². The molecule has 0 saturated heterocycles. The molecule has 0 aromatic carbocycles. The summed E-state index contributed by atoms with van der Waals surface area (Å²) in [5.74, 6) is 0.142. The van der Waals surface area contributed by atoms with E-state index in [1.807, 2.05) is 19.9 Å². The topological polar surface area (TPSA) is 87.7 Å². The zero-order valence-corrected chi connectivity index (χ0v) is 14.6. The zero-order valence-electron chi connectivity index (χ0n) is 12.4. The smallest absolute Gasteiger partial charge is 0.356 e. The number of hydrogen-bond donors (Lipinski definition) is 2. The fourth-order valence-corrected chi connectivity index (χ4v) is 2.61. The number of aromatic carboxylic acids is 1. The quantitative estimate of drug-likeness (QED) is 0.455. The molecule has 0 amide bonds. The van der Waals surface area contributed by atoms with E-state index in [1.165, 1.54) is 0 Å². The highest BCUT2D eigenvalue weighted by molar-refractivity contribution is 6.46. The van der Waals surface area contributed by atoms with Crippen LogP contribution in [0, 0.1) is 13.8 Å². The average molecular weight is 377 g/mol. The van der Waals surface area contributed by atoms with Crippen LogP contribution in [0.15, 0.2) is 15.6 Å². The number of hydrogen-bond acceptors (Lipinski definition) is 5. The molecule has 0 atom stereocenters. The second-order valence-corrected chi connectivity index (χ2v) is 5.81. The Morgan fingerprint density at radius 2 is 1.96 bits per heavy atom. The van der Waals surface area contributed by atoms with Gasteiger partial charge in [-0.15, -0.1) is 0 Å². The molecule has 2 aromatic heterocycles. The molecular weight excluding hydrogens is 365 g/mol. The molecule has 2 heterocycles. The Kier molecular flexibility index (Phi) is 5.19. The number of pyridine rings is 1. The van der Waals surface area contributed by atoms with Crippen LogP contribution >= 0.6 is 34.8 Å². The lowest BCUT2D eigenvalue weighted by molar-refractivity contribution is 0.0691. The summed E-state index contributed by atoms with van der Waals surface area (Å²) >= 11 is 17.9. The van der Waals surface area contributed by atoms with Crippen molar-refractivity contribution < 1.29 is 14.3 Å². The molecule has 0 radical (unpaired) electrons. The second-order valence-electron chi connectivity index (χ2n) is 4.70. The first-order valence-corrected chi connectivity index (χ1v) is 7.51. The summed E-state index contributed by atoms with van der Waals surface area (Å²) in [6.07, 6.45) is 0. The summed E-state index contributed by atoms with van der Waals surface area (Å²) in [5.41, 5.74) is 3.72. The number of aryl methyl sites for hydroxylation is 2. The number of nitrogens with zero attached hydrogens (tertiary/aromatic N) is 2. The Hall–Kier alpha value is -1.76. The Labute approximate surface area is 147 Å². The number of rotatable bonds is 4. The fourth-order valence-electron chi connectivity index (χ4n) is 1.94. The van der Waals surface area contributed by atoms with E-state index in [1.54, 1.807) is 6.92 Å². The van der Waals surface area contributed by atoms with Crippen molar-refractivity contribution in [2.45, 2.75) is 20.8 Å². The molecule has 6 nitrogen and oxygen atoms in total. The van der Waals surface area contributed by atoms with Crippen LogP contribution in [0.4, 0.5) is 5.69 Å². The predicted molar refractivity (Wildman–Crippen MR) is 90.2 cm³/mol. The number of anilines is 1. The number of carbonyl (C=O) groups is 1. The van der Waals surface area contributed by atoms with Crippen molar-refractivity contribution in [1.29, 1.82) is 0 Å².